The van der Waals surface area contributed by atoms with Crippen molar-refractivity contribution in [3.05, 3.63) is 182 Å². The molecule has 0 unspecified atom stereocenters. The third-order valence-corrected chi connectivity index (χ3v) is 13.1. The normalized spacial score (nSPS) is 11.8. The van der Waals surface area contributed by atoms with E-state index in [-0.39, 0.29) is 14.5 Å². The molecule has 2 heterocycles. The quantitative estimate of drug-likeness (QED) is 0.130. The van der Waals surface area contributed by atoms with Gasteiger partial charge in [-0.25, -0.2) is 0 Å². The van der Waals surface area contributed by atoms with Crippen molar-refractivity contribution < 1.29 is 4.42 Å². The Morgan fingerprint density at radius 3 is 1.37 bits per heavy atom. The topological polar surface area (TPSA) is 13.1 Å². The molecule has 1 nitrogen and oxygen atoms in total. The third kappa shape index (κ3) is 4.36. The van der Waals surface area contributed by atoms with Crippen LogP contribution in [-0.4, -0.2) is 14.5 Å². The average Bonchev–Trinajstić information content (AvgIpc) is 3.87. The zero-order chi connectivity index (χ0) is 34.2. The molecule has 11 rings (SSSR count). The van der Waals surface area contributed by atoms with Crippen molar-refractivity contribution in [1.29, 1.82) is 0 Å². The van der Waals surface area contributed by atoms with Crippen LogP contribution in [0.1, 0.15) is 0 Å². The fraction of sp³-hybridized carbons (Fsp3) is 0. The Morgan fingerprint density at radius 1 is 0.327 bits per heavy atom. The summed E-state index contributed by atoms with van der Waals surface area (Å²) < 4.78 is 8.47. The van der Waals surface area contributed by atoms with E-state index in [0.717, 1.165) is 5.56 Å². The summed E-state index contributed by atoms with van der Waals surface area (Å²) in [7, 11) is 0. The molecular weight excluding hydrogens is 696 g/mol. The molecule has 52 heavy (non-hydrogen) atoms. The van der Waals surface area contributed by atoms with Gasteiger partial charge in [-0.2, -0.15) is 0 Å². The van der Waals surface area contributed by atoms with Gasteiger partial charge >= 0.3 is 308 Å². The summed E-state index contributed by atoms with van der Waals surface area (Å²) in [5.74, 6) is 0. The zero-order valence-electron chi connectivity index (χ0n) is 28.1. The van der Waals surface area contributed by atoms with Crippen LogP contribution in [0.2, 0.25) is 0 Å². The fourth-order valence-corrected chi connectivity index (χ4v) is 11.1. The van der Waals surface area contributed by atoms with E-state index >= 15 is 0 Å². The Hall–Kier alpha value is -6.18. The second-order valence-corrected chi connectivity index (χ2v) is 15.8. The van der Waals surface area contributed by atoms with Gasteiger partial charge in [0.25, 0.3) is 0 Å². The van der Waals surface area contributed by atoms with Crippen LogP contribution in [0, 0.1) is 0 Å². The van der Waals surface area contributed by atoms with Gasteiger partial charge in [0, 0.05) is 0 Å². The first-order chi connectivity index (χ1) is 25.8. The first-order valence-electron chi connectivity index (χ1n) is 17.7. The van der Waals surface area contributed by atoms with Gasteiger partial charge < -0.3 is 0 Å². The molecule has 0 spiro atoms. The van der Waals surface area contributed by atoms with Gasteiger partial charge in [0.05, 0.1) is 0 Å². The van der Waals surface area contributed by atoms with Crippen molar-refractivity contribution in [2.45, 2.75) is 0 Å². The van der Waals surface area contributed by atoms with Crippen LogP contribution < -0.4 is 0 Å². The monoisotopic (exact) mass is 726 g/mol. The summed E-state index contributed by atoms with van der Waals surface area (Å²) >= 11 is 0.175. The summed E-state index contributed by atoms with van der Waals surface area (Å²) in [5, 5.41) is 12.9. The molecule has 242 valence electrons. The van der Waals surface area contributed by atoms with Crippen LogP contribution in [0.5, 0.6) is 0 Å². The minimum atomic E-state index is 0.175. The standard InChI is InChI=1S/C50H30OSe/c1-2-13-31(14-3-1)46-38-19-8-10-21-40(38)49(41-22-11-9-20-39(41)46)43-23-12-24-44-50(43)42-26-25-32(29-45(42)52-44)47-34-15-4-6-17-36(34)48(33-27-28-51-30-33)37-18-7-5-16-35(37)47/h1-30H. The molecule has 2 heteroatoms. The van der Waals surface area contributed by atoms with Crippen LogP contribution in [-0.2, 0) is 0 Å². The fourth-order valence-electron chi connectivity index (χ4n) is 8.68. The van der Waals surface area contributed by atoms with Crippen molar-refractivity contribution in [2.24, 2.45) is 0 Å². The van der Waals surface area contributed by atoms with E-state index in [1.54, 1.807) is 6.26 Å². The van der Waals surface area contributed by atoms with Crippen molar-refractivity contribution >= 4 is 76.9 Å². The van der Waals surface area contributed by atoms with Crippen molar-refractivity contribution in [3.8, 4) is 44.5 Å². The van der Waals surface area contributed by atoms with E-state index in [4.69, 9.17) is 4.42 Å². The van der Waals surface area contributed by atoms with Gasteiger partial charge in [0.15, 0.2) is 0 Å². The van der Waals surface area contributed by atoms with E-state index in [0.29, 0.717) is 0 Å². The van der Waals surface area contributed by atoms with Crippen LogP contribution in [0.15, 0.2) is 187 Å². The first kappa shape index (κ1) is 29.5. The van der Waals surface area contributed by atoms with Gasteiger partial charge in [-0.05, 0) is 0 Å². The van der Waals surface area contributed by atoms with Gasteiger partial charge in [-0.3, -0.25) is 0 Å². The Balaban J connectivity index is 1.19. The summed E-state index contributed by atoms with van der Waals surface area (Å²) in [4.78, 5) is 0. The maximum absolute atomic E-state index is 5.58. The average molecular weight is 726 g/mol. The van der Waals surface area contributed by atoms with Gasteiger partial charge in [-0.1, -0.05) is 0 Å². The molecule has 11 aromatic rings. The molecule has 0 amide bonds. The van der Waals surface area contributed by atoms with Gasteiger partial charge in [-0.15, -0.1) is 0 Å². The van der Waals surface area contributed by atoms with Crippen LogP contribution in [0.25, 0.3) is 107 Å². The number of benzene rings is 9. The van der Waals surface area contributed by atoms with E-state index in [9.17, 15) is 0 Å². The molecule has 0 radical (unpaired) electrons. The van der Waals surface area contributed by atoms with Crippen LogP contribution in [0.4, 0.5) is 0 Å². The molecule has 0 fully saturated rings. The Bertz CT molecular complexity index is 3050. The predicted molar refractivity (Wildman–Crippen MR) is 222 cm³/mol. The van der Waals surface area contributed by atoms with Crippen molar-refractivity contribution in [3.63, 3.8) is 0 Å². The number of rotatable bonds is 4. The number of furan rings is 1. The summed E-state index contributed by atoms with van der Waals surface area (Å²) in [6, 6.07) is 62.8. The molecule has 0 N–H and O–H groups in total. The number of fused-ring (bicyclic) bond motifs is 7. The first-order valence-corrected chi connectivity index (χ1v) is 19.5. The summed E-state index contributed by atoms with van der Waals surface area (Å²) in [6.07, 6.45) is 3.63. The minimum absolute atomic E-state index is 0.175. The zero-order valence-corrected chi connectivity index (χ0v) is 29.9. The number of hydrogen-bond donors (Lipinski definition) is 0. The van der Waals surface area contributed by atoms with E-state index in [1.165, 1.54) is 101 Å². The second kappa shape index (κ2) is 11.7. The molecule has 0 aliphatic rings. The van der Waals surface area contributed by atoms with E-state index in [2.05, 4.69) is 170 Å². The molecule has 0 bridgehead atoms. The summed E-state index contributed by atoms with van der Waals surface area (Å²) in [6.45, 7) is 0. The second-order valence-electron chi connectivity index (χ2n) is 13.6. The van der Waals surface area contributed by atoms with Crippen molar-refractivity contribution in [1.82, 2.24) is 0 Å². The molecule has 9 aromatic carbocycles. The third-order valence-electron chi connectivity index (χ3n) is 10.8. The van der Waals surface area contributed by atoms with E-state index in [1.807, 2.05) is 6.26 Å². The maximum atomic E-state index is 5.58. The Labute approximate surface area is 306 Å². The SMILES string of the molecule is c1ccc(-c2c3ccccc3c(-c3cccc4[se]c5cc(-c6c7ccccc7c(-c7ccoc7)c7ccccc67)ccc5c34)c3ccccc23)cc1. The predicted octanol–water partition coefficient (Wildman–Crippen LogP) is 13.9. The molecular formula is C50H30OSe. The molecule has 0 aliphatic carbocycles. The molecule has 2 aromatic heterocycles. The van der Waals surface area contributed by atoms with Gasteiger partial charge in [0.1, 0.15) is 0 Å². The molecule has 0 atom stereocenters. The Morgan fingerprint density at radius 2 is 0.827 bits per heavy atom. The Kier molecular flexibility index (Phi) is 6.64. The van der Waals surface area contributed by atoms with Crippen LogP contribution >= 0.6 is 0 Å². The van der Waals surface area contributed by atoms with Crippen molar-refractivity contribution in [2.75, 3.05) is 0 Å². The number of hydrogen-bond acceptors (Lipinski definition) is 1. The molecule has 0 saturated heterocycles. The van der Waals surface area contributed by atoms with Gasteiger partial charge in [0.2, 0.25) is 0 Å². The summed E-state index contributed by atoms with van der Waals surface area (Å²) in [5.41, 5.74) is 10.1. The van der Waals surface area contributed by atoms with Crippen LogP contribution in [0.3, 0.4) is 0 Å². The molecule has 0 saturated carbocycles. The van der Waals surface area contributed by atoms with E-state index < -0.39 is 0 Å². The molecule has 0 aliphatic heterocycles.